The zero-order chi connectivity index (χ0) is 9.84. The number of nitrogens with zero attached hydrogens (tertiary/aromatic N) is 1. The summed E-state index contributed by atoms with van der Waals surface area (Å²) in [5, 5.41) is 9.67. The molecular formula is C10H21NOS. The Labute approximate surface area is 86.7 Å². The number of thiol groups is 1. The normalized spacial score (nSPS) is 33.2. The van der Waals surface area contributed by atoms with E-state index in [0.717, 1.165) is 31.8 Å². The summed E-state index contributed by atoms with van der Waals surface area (Å²) in [7, 11) is 0. The molecule has 0 spiro atoms. The van der Waals surface area contributed by atoms with E-state index in [-0.39, 0.29) is 6.10 Å². The van der Waals surface area contributed by atoms with Crippen LogP contribution >= 0.6 is 12.6 Å². The van der Waals surface area contributed by atoms with Crippen LogP contribution in [0.15, 0.2) is 0 Å². The molecule has 3 heteroatoms. The Bertz CT molecular complexity index is 152. The van der Waals surface area contributed by atoms with Gasteiger partial charge in [-0.2, -0.15) is 12.6 Å². The number of β-amino-alcohol motifs (C(OH)–C–C–N with tert-alkyl or cyclic N) is 1. The molecule has 0 aromatic rings. The maximum Gasteiger partial charge on any atom is 0.0693 e. The van der Waals surface area contributed by atoms with Crippen molar-refractivity contribution in [3.63, 3.8) is 0 Å². The van der Waals surface area contributed by atoms with Gasteiger partial charge in [-0.15, -0.1) is 0 Å². The Kier molecular flexibility index (Phi) is 4.56. The van der Waals surface area contributed by atoms with E-state index in [1.807, 2.05) is 0 Å². The number of hydrogen-bond acceptors (Lipinski definition) is 3. The van der Waals surface area contributed by atoms with Crippen molar-refractivity contribution in [2.45, 2.75) is 26.4 Å². The second-order valence-corrected chi connectivity index (χ2v) is 4.75. The summed E-state index contributed by atoms with van der Waals surface area (Å²) in [6.45, 7) is 7.39. The van der Waals surface area contributed by atoms with Crippen LogP contribution < -0.4 is 0 Å². The molecule has 2 nitrogen and oxygen atoms in total. The fraction of sp³-hybridized carbons (Fsp3) is 1.00. The van der Waals surface area contributed by atoms with Crippen molar-refractivity contribution in [1.29, 1.82) is 0 Å². The topological polar surface area (TPSA) is 23.5 Å². The highest BCUT2D eigenvalue weighted by molar-refractivity contribution is 7.80. The summed E-state index contributed by atoms with van der Waals surface area (Å²) in [5.41, 5.74) is 0. The molecule has 0 bridgehead atoms. The largest absolute Gasteiger partial charge is 0.392 e. The molecule has 3 atom stereocenters. The number of aliphatic hydroxyl groups is 1. The van der Waals surface area contributed by atoms with Crippen molar-refractivity contribution in [3.05, 3.63) is 0 Å². The molecule has 3 unspecified atom stereocenters. The van der Waals surface area contributed by atoms with Crippen LogP contribution in [0, 0.1) is 11.8 Å². The highest BCUT2D eigenvalue weighted by Crippen LogP contribution is 2.17. The van der Waals surface area contributed by atoms with Crippen molar-refractivity contribution in [2.75, 3.05) is 25.4 Å². The van der Waals surface area contributed by atoms with E-state index in [0.29, 0.717) is 11.8 Å². The van der Waals surface area contributed by atoms with E-state index in [2.05, 4.69) is 31.4 Å². The molecule has 0 amide bonds. The van der Waals surface area contributed by atoms with Crippen LogP contribution in [0.25, 0.3) is 0 Å². The fourth-order valence-electron chi connectivity index (χ4n) is 1.78. The van der Waals surface area contributed by atoms with Gasteiger partial charge in [0.1, 0.15) is 0 Å². The zero-order valence-electron chi connectivity index (χ0n) is 8.61. The van der Waals surface area contributed by atoms with E-state index >= 15 is 0 Å². The lowest BCUT2D eigenvalue weighted by molar-refractivity contribution is 0.0251. The van der Waals surface area contributed by atoms with Crippen molar-refractivity contribution in [2.24, 2.45) is 11.8 Å². The first-order valence-electron chi connectivity index (χ1n) is 5.14. The van der Waals surface area contributed by atoms with Gasteiger partial charge in [-0.05, 0) is 30.6 Å². The molecular weight excluding hydrogens is 182 g/mol. The van der Waals surface area contributed by atoms with Crippen molar-refractivity contribution >= 4 is 12.6 Å². The van der Waals surface area contributed by atoms with E-state index in [1.54, 1.807) is 0 Å². The van der Waals surface area contributed by atoms with Gasteiger partial charge in [0, 0.05) is 13.1 Å². The van der Waals surface area contributed by atoms with Crippen LogP contribution in [-0.2, 0) is 0 Å². The molecule has 0 aromatic carbocycles. The Morgan fingerprint density at radius 3 is 2.85 bits per heavy atom. The van der Waals surface area contributed by atoms with Crippen LogP contribution in [0.4, 0.5) is 0 Å². The van der Waals surface area contributed by atoms with Crippen LogP contribution in [0.1, 0.15) is 20.3 Å². The Morgan fingerprint density at radius 1 is 1.62 bits per heavy atom. The molecule has 1 N–H and O–H groups in total. The van der Waals surface area contributed by atoms with Crippen LogP contribution in [0.2, 0.25) is 0 Å². The van der Waals surface area contributed by atoms with E-state index in [4.69, 9.17) is 0 Å². The maximum absolute atomic E-state index is 9.67. The summed E-state index contributed by atoms with van der Waals surface area (Å²) in [6, 6.07) is 0. The Morgan fingerprint density at radius 2 is 2.31 bits per heavy atom. The number of rotatable bonds is 3. The SMILES string of the molecule is CC(CS)CN1CCC(C)C(O)C1. The molecule has 0 aliphatic carbocycles. The van der Waals surface area contributed by atoms with Gasteiger partial charge in [0.2, 0.25) is 0 Å². The summed E-state index contributed by atoms with van der Waals surface area (Å²) >= 11 is 4.27. The molecule has 1 aliphatic heterocycles. The summed E-state index contributed by atoms with van der Waals surface area (Å²) < 4.78 is 0. The number of hydrogen-bond donors (Lipinski definition) is 2. The lowest BCUT2D eigenvalue weighted by Gasteiger charge is -2.35. The van der Waals surface area contributed by atoms with Crippen LogP contribution in [0.5, 0.6) is 0 Å². The minimum Gasteiger partial charge on any atom is -0.392 e. The Balaban J connectivity index is 2.29. The predicted octanol–water partition coefficient (Wildman–Crippen LogP) is 1.25. The lowest BCUT2D eigenvalue weighted by Crippen LogP contribution is -2.44. The van der Waals surface area contributed by atoms with Gasteiger partial charge in [-0.25, -0.2) is 0 Å². The quantitative estimate of drug-likeness (QED) is 0.675. The van der Waals surface area contributed by atoms with Gasteiger partial charge in [-0.3, -0.25) is 0 Å². The molecule has 1 heterocycles. The second-order valence-electron chi connectivity index (χ2n) is 4.38. The van der Waals surface area contributed by atoms with Gasteiger partial charge in [-0.1, -0.05) is 13.8 Å². The maximum atomic E-state index is 9.67. The molecule has 0 radical (unpaired) electrons. The summed E-state index contributed by atoms with van der Waals surface area (Å²) in [4.78, 5) is 2.35. The van der Waals surface area contributed by atoms with Gasteiger partial charge in [0.15, 0.2) is 0 Å². The average molecular weight is 203 g/mol. The minimum atomic E-state index is -0.124. The molecule has 0 aromatic heterocycles. The lowest BCUT2D eigenvalue weighted by atomic mass is 9.95. The second kappa shape index (κ2) is 5.23. The highest BCUT2D eigenvalue weighted by Gasteiger charge is 2.24. The van der Waals surface area contributed by atoms with Gasteiger partial charge < -0.3 is 10.0 Å². The van der Waals surface area contributed by atoms with Crippen molar-refractivity contribution < 1.29 is 5.11 Å². The van der Waals surface area contributed by atoms with Crippen molar-refractivity contribution in [3.8, 4) is 0 Å². The van der Waals surface area contributed by atoms with Gasteiger partial charge >= 0.3 is 0 Å². The van der Waals surface area contributed by atoms with Crippen molar-refractivity contribution in [1.82, 2.24) is 4.90 Å². The van der Waals surface area contributed by atoms with E-state index in [1.165, 1.54) is 0 Å². The van der Waals surface area contributed by atoms with E-state index in [9.17, 15) is 5.11 Å². The average Bonchev–Trinajstić information content (AvgIpc) is 2.11. The molecule has 78 valence electrons. The zero-order valence-corrected chi connectivity index (χ0v) is 9.50. The minimum absolute atomic E-state index is 0.124. The van der Waals surface area contributed by atoms with Crippen LogP contribution in [-0.4, -0.2) is 41.5 Å². The number of aliphatic hydroxyl groups excluding tert-OH is 1. The van der Waals surface area contributed by atoms with E-state index < -0.39 is 0 Å². The molecule has 1 rings (SSSR count). The molecule has 1 aliphatic rings. The third kappa shape index (κ3) is 3.49. The Hall–Kier alpha value is 0.270. The first-order chi connectivity index (χ1) is 6.13. The van der Waals surface area contributed by atoms with Gasteiger partial charge in [0.05, 0.1) is 6.10 Å². The van der Waals surface area contributed by atoms with Crippen LogP contribution in [0.3, 0.4) is 0 Å². The highest BCUT2D eigenvalue weighted by atomic mass is 32.1. The smallest absolute Gasteiger partial charge is 0.0693 e. The number of piperidine rings is 1. The number of likely N-dealkylation sites (tertiary alicyclic amines) is 1. The molecule has 13 heavy (non-hydrogen) atoms. The predicted molar refractivity (Wildman–Crippen MR) is 59.2 cm³/mol. The summed E-state index contributed by atoms with van der Waals surface area (Å²) in [6.07, 6.45) is 1.00. The first-order valence-corrected chi connectivity index (χ1v) is 5.78. The molecule has 0 saturated carbocycles. The monoisotopic (exact) mass is 203 g/mol. The third-order valence-corrected chi connectivity index (χ3v) is 3.51. The van der Waals surface area contributed by atoms with Gasteiger partial charge in [0.25, 0.3) is 0 Å². The molecule has 1 fully saturated rings. The fourth-order valence-corrected chi connectivity index (χ4v) is 1.89. The first kappa shape index (κ1) is 11.3. The third-order valence-electron chi connectivity index (χ3n) is 2.88. The summed E-state index contributed by atoms with van der Waals surface area (Å²) in [5.74, 6) is 2.04. The standard InChI is InChI=1S/C10H21NOS/c1-8(7-13)5-11-4-3-9(2)10(12)6-11/h8-10,12-13H,3-7H2,1-2H3. The molecule has 1 saturated heterocycles.